The van der Waals surface area contributed by atoms with Gasteiger partial charge in [0.15, 0.2) is 0 Å². The van der Waals surface area contributed by atoms with Crippen molar-refractivity contribution in [3.05, 3.63) is 48.4 Å². The Bertz CT molecular complexity index is 873. The maximum absolute atomic E-state index is 12.8. The highest BCUT2D eigenvalue weighted by Crippen LogP contribution is 2.20. The van der Waals surface area contributed by atoms with E-state index in [2.05, 4.69) is 5.32 Å². The molecule has 1 aromatic heterocycles. The van der Waals surface area contributed by atoms with Crippen LogP contribution in [-0.2, 0) is 14.8 Å². The van der Waals surface area contributed by atoms with Gasteiger partial charge in [0, 0.05) is 26.2 Å². The molecule has 1 saturated heterocycles. The van der Waals surface area contributed by atoms with Crippen LogP contribution >= 0.6 is 0 Å². The summed E-state index contributed by atoms with van der Waals surface area (Å²) in [5.74, 6) is 1.19. The van der Waals surface area contributed by atoms with E-state index in [-0.39, 0.29) is 23.4 Å². The van der Waals surface area contributed by atoms with E-state index in [1.807, 2.05) is 17.9 Å². The van der Waals surface area contributed by atoms with Crippen LogP contribution in [0.15, 0.2) is 52.0 Å². The van der Waals surface area contributed by atoms with E-state index in [4.69, 9.17) is 9.15 Å². The SMILES string of the molecule is COc1ccc(S(=O)(=O)N2CCN(CC(=O)N[C@@H](C)c3ccco3)CC2)cc1. The molecule has 0 saturated carbocycles. The Kier molecular flexibility index (Phi) is 6.38. The standard InChI is InChI=1S/C19H25N3O5S/c1-15(18-4-3-13-27-18)20-19(23)14-21-9-11-22(12-10-21)28(24,25)17-7-5-16(26-2)6-8-17/h3-8,13,15H,9-12,14H2,1-2H3,(H,20,23)/t15-/m0/s1. The molecular formula is C19H25N3O5S. The van der Waals surface area contributed by atoms with Crippen molar-refractivity contribution in [1.29, 1.82) is 0 Å². The number of benzene rings is 1. The van der Waals surface area contributed by atoms with Gasteiger partial charge in [0.25, 0.3) is 0 Å². The topological polar surface area (TPSA) is 92.1 Å². The van der Waals surface area contributed by atoms with E-state index in [0.717, 1.165) is 0 Å². The number of hydrogen-bond acceptors (Lipinski definition) is 6. The Hall–Kier alpha value is -2.36. The first-order valence-corrected chi connectivity index (χ1v) is 10.5. The lowest BCUT2D eigenvalue weighted by Gasteiger charge is -2.33. The lowest BCUT2D eigenvalue weighted by Crippen LogP contribution is -2.51. The molecule has 152 valence electrons. The monoisotopic (exact) mass is 407 g/mol. The van der Waals surface area contributed by atoms with Gasteiger partial charge in [-0.3, -0.25) is 9.69 Å². The van der Waals surface area contributed by atoms with Gasteiger partial charge in [0.2, 0.25) is 15.9 Å². The molecule has 0 aliphatic carbocycles. The Morgan fingerprint density at radius 3 is 2.43 bits per heavy atom. The number of hydrogen-bond donors (Lipinski definition) is 1. The van der Waals surface area contributed by atoms with Crippen molar-refractivity contribution in [2.24, 2.45) is 0 Å². The molecule has 1 aliphatic rings. The number of rotatable bonds is 7. The summed E-state index contributed by atoms with van der Waals surface area (Å²) in [6.07, 6.45) is 1.57. The minimum atomic E-state index is -3.55. The molecule has 1 atom stereocenters. The zero-order chi connectivity index (χ0) is 20.1. The van der Waals surface area contributed by atoms with Crippen LogP contribution in [0.25, 0.3) is 0 Å². The predicted molar refractivity (Wildman–Crippen MR) is 103 cm³/mol. The number of piperazine rings is 1. The van der Waals surface area contributed by atoms with Crippen LogP contribution in [0.5, 0.6) is 5.75 Å². The zero-order valence-corrected chi connectivity index (χ0v) is 16.8. The van der Waals surface area contributed by atoms with Crippen LogP contribution in [-0.4, -0.2) is 63.4 Å². The molecule has 0 unspecified atom stereocenters. The highest BCUT2D eigenvalue weighted by Gasteiger charge is 2.29. The van der Waals surface area contributed by atoms with Gasteiger partial charge in [0.05, 0.1) is 30.9 Å². The van der Waals surface area contributed by atoms with Crippen LogP contribution in [0.1, 0.15) is 18.7 Å². The number of nitrogens with one attached hydrogen (secondary N) is 1. The second-order valence-corrected chi connectivity index (χ2v) is 8.60. The fourth-order valence-electron chi connectivity index (χ4n) is 3.12. The normalized spacial score (nSPS) is 17.2. The Morgan fingerprint density at radius 2 is 1.86 bits per heavy atom. The van der Waals surface area contributed by atoms with Gasteiger partial charge >= 0.3 is 0 Å². The van der Waals surface area contributed by atoms with E-state index in [9.17, 15) is 13.2 Å². The Balaban J connectivity index is 1.51. The van der Waals surface area contributed by atoms with Crippen molar-refractivity contribution >= 4 is 15.9 Å². The molecular weight excluding hydrogens is 382 g/mol. The molecule has 8 nitrogen and oxygen atoms in total. The quantitative estimate of drug-likeness (QED) is 0.747. The molecule has 1 amide bonds. The first-order valence-electron chi connectivity index (χ1n) is 9.09. The number of carbonyl (C=O) groups is 1. The van der Waals surface area contributed by atoms with E-state index >= 15 is 0 Å². The number of nitrogens with zero attached hydrogens (tertiary/aromatic N) is 2. The Labute approximate surface area is 165 Å². The first-order chi connectivity index (χ1) is 13.4. The summed E-state index contributed by atoms with van der Waals surface area (Å²) >= 11 is 0. The van der Waals surface area contributed by atoms with Gasteiger partial charge in [-0.1, -0.05) is 0 Å². The summed E-state index contributed by atoms with van der Waals surface area (Å²) in [6.45, 7) is 3.76. The minimum Gasteiger partial charge on any atom is -0.497 e. The largest absolute Gasteiger partial charge is 0.497 e. The average Bonchev–Trinajstić information content (AvgIpc) is 3.23. The van der Waals surface area contributed by atoms with Gasteiger partial charge in [-0.25, -0.2) is 8.42 Å². The molecule has 2 heterocycles. The lowest BCUT2D eigenvalue weighted by molar-refractivity contribution is -0.123. The summed E-state index contributed by atoms with van der Waals surface area (Å²) in [7, 11) is -2.01. The van der Waals surface area contributed by atoms with Gasteiger partial charge in [-0.15, -0.1) is 0 Å². The Morgan fingerprint density at radius 1 is 1.18 bits per heavy atom. The van der Waals surface area contributed by atoms with Crippen molar-refractivity contribution in [2.75, 3.05) is 39.8 Å². The van der Waals surface area contributed by atoms with Crippen molar-refractivity contribution in [2.45, 2.75) is 17.9 Å². The molecule has 1 N–H and O–H groups in total. The van der Waals surface area contributed by atoms with E-state index in [1.54, 1.807) is 36.6 Å². The van der Waals surface area contributed by atoms with Crippen LogP contribution in [0.3, 0.4) is 0 Å². The highest BCUT2D eigenvalue weighted by atomic mass is 32.2. The van der Waals surface area contributed by atoms with Gasteiger partial charge in [-0.2, -0.15) is 4.31 Å². The maximum atomic E-state index is 12.8. The highest BCUT2D eigenvalue weighted by molar-refractivity contribution is 7.89. The summed E-state index contributed by atoms with van der Waals surface area (Å²) in [5, 5.41) is 2.89. The second kappa shape index (κ2) is 8.76. The summed E-state index contributed by atoms with van der Waals surface area (Å²) in [4.78, 5) is 14.4. The fraction of sp³-hybridized carbons (Fsp3) is 0.421. The van der Waals surface area contributed by atoms with Crippen molar-refractivity contribution in [1.82, 2.24) is 14.5 Å². The lowest BCUT2D eigenvalue weighted by atomic mass is 10.2. The molecule has 1 aromatic carbocycles. The van der Waals surface area contributed by atoms with Gasteiger partial charge in [0.1, 0.15) is 11.5 Å². The minimum absolute atomic E-state index is 0.115. The molecule has 2 aromatic rings. The summed E-state index contributed by atoms with van der Waals surface area (Å²) in [6, 6.07) is 9.74. The molecule has 1 aliphatic heterocycles. The zero-order valence-electron chi connectivity index (χ0n) is 16.0. The third-order valence-electron chi connectivity index (χ3n) is 4.74. The molecule has 1 fully saturated rings. The van der Waals surface area contributed by atoms with E-state index in [0.29, 0.717) is 37.7 Å². The molecule has 3 rings (SSSR count). The average molecular weight is 407 g/mol. The maximum Gasteiger partial charge on any atom is 0.243 e. The van der Waals surface area contributed by atoms with Gasteiger partial charge in [-0.05, 0) is 43.3 Å². The molecule has 0 bridgehead atoms. The number of ether oxygens (including phenoxy) is 1. The number of sulfonamides is 1. The van der Waals surface area contributed by atoms with Crippen LogP contribution in [0.4, 0.5) is 0 Å². The van der Waals surface area contributed by atoms with E-state index in [1.165, 1.54) is 11.4 Å². The van der Waals surface area contributed by atoms with Crippen LogP contribution in [0.2, 0.25) is 0 Å². The number of carbonyl (C=O) groups excluding carboxylic acids is 1. The molecule has 9 heteroatoms. The van der Waals surface area contributed by atoms with Crippen molar-refractivity contribution in [3.8, 4) is 5.75 Å². The summed E-state index contributed by atoms with van der Waals surface area (Å²) < 4.78 is 37.3. The van der Waals surface area contributed by atoms with Crippen molar-refractivity contribution < 1.29 is 22.4 Å². The third-order valence-corrected chi connectivity index (χ3v) is 6.66. The first kappa shape index (κ1) is 20.4. The molecule has 28 heavy (non-hydrogen) atoms. The summed E-state index contributed by atoms with van der Waals surface area (Å²) in [5.41, 5.74) is 0. The van der Waals surface area contributed by atoms with Crippen LogP contribution in [0, 0.1) is 0 Å². The van der Waals surface area contributed by atoms with Crippen LogP contribution < -0.4 is 10.1 Å². The fourth-order valence-corrected chi connectivity index (χ4v) is 4.55. The molecule has 0 radical (unpaired) electrons. The molecule has 0 spiro atoms. The van der Waals surface area contributed by atoms with Crippen molar-refractivity contribution in [3.63, 3.8) is 0 Å². The van der Waals surface area contributed by atoms with Gasteiger partial charge < -0.3 is 14.5 Å². The predicted octanol–water partition coefficient (Wildman–Crippen LogP) is 1.47. The number of methoxy groups -OCH3 is 1. The number of furan rings is 1. The smallest absolute Gasteiger partial charge is 0.243 e. The number of amides is 1. The third kappa shape index (κ3) is 4.73. The van der Waals surface area contributed by atoms with E-state index < -0.39 is 10.0 Å². The second-order valence-electron chi connectivity index (χ2n) is 6.66.